The van der Waals surface area contributed by atoms with Crippen LogP contribution in [0.2, 0.25) is 5.28 Å². The maximum Gasteiger partial charge on any atom is 0.328 e. The highest BCUT2D eigenvalue weighted by atomic mass is 27.1. The number of rotatable bonds is 6. The van der Waals surface area contributed by atoms with Crippen LogP contribution in [0.25, 0.3) is 22.3 Å². The maximum atomic E-state index is 12.1. The average molecular weight is 509 g/mol. The molecule has 0 atom stereocenters. The van der Waals surface area contributed by atoms with Crippen molar-refractivity contribution in [1.29, 1.82) is 0 Å². The van der Waals surface area contributed by atoms with Gasteiger partial charge in [0.05, 0.1) is 5.69 Å². The van der Waals surface area contributed by atoms with Crippen LogP contribution in [0.3, 0.4) is 0 Å². The number of carbonyl (C=O) groups is 2. The van der Waals surface area contributed by atoms with Crippen LogP contribution in [0.4, 0.5) is 10.5 Å². The van der Waals surface area contributed by atoms with Gasteiger partial charge in [0, 0.05) is 35.4 Å². The number of aromatic amines is 2. The summed E-state index contributed by atoms with van der Waals surface area (Å²) in [4.78, 5) is 28.7. The smallest absolute Gasteiger partial charge is 0.328 e. The Bertz CT molecular complexity index is 1480. The fourth-order valence-electron chi connectivity index (χ4n) is 5.53. The number of benzene rings is 2. The first kappa shape index (κ1) is 24.0. The summed E-state index contributed by atoms with van der Waals surface area (Å²) in [5, 5.41) is 12.7. The number of hydrogen-bond acceptors (Lipinski definition) is 3. The Hall–Kier alpha value is -3.34. The van der Waals surface area contributed by atoms with Crippen molar-refractivity contribution in [2.24, 2.45) is 5.41 Å². The Morgan fingerprint density at radius 3 is 2.70 bits per heavy atom. The summed E-state index contributed by atoms with van der Waals surface area (Å²) >= 11 is 0.153. The molecule has 2 aromatic carbocycles. The minimum absolute atomic E-state index is 0.153. The monoisotopic (exact) mass is 508 g/mol. The van der Waals surface area contributed by atoms with Gasteiger partial charge in [-0.3, -0.25) is 20.1 Å². The number of amides is 3. The van der Waals surface area contributed by atoms with E-state index in [4.69, 9.17) is 0 Å². The van der Waals surface area contributed by atoms with Gasteiger partial charge in [-0.15, -0.1) is 4.43 Å². The van der Waals surface area contributed by atoms with Crippen molar-refractivity contribution in [3.63, 3.8) is 0 Å². The molecule has 1 saturated heterocycles. The number of fused-ring (bicyclic) bond motifs is 2. The van der Waals surface area contributed by atoms with Gasteiger partial charge in [0.15, 0.2) is 0 Å². The lowest BCUT2D eigenvalue weighted by atomic mass is 9.76. The highest BCUT2D eigenvalue weighted by Gasteiger charge is 2.29. The first-order valence-electron chi connectivity index (χ1n) is 13.1. The Morgan fingerprint density at radius 2 is 1.89 bits per heavy atom. The lowest BCUT2D eigenvalue weighted by Gasteiger charge is -2.28. The molecule has 7 nitrogen and oxygen atoms in total. The van der Waals surface area contributed by atoms with Crippen LogP contribution in [0.1, 0.15) is 43.5 Å². The van der Waals surface area contributed by atoms with Crippen molar-refractivity contribution < 1.29 is 9.59 Å². The molecular formula is C29H31AlN5O2. The Balaban J connectivity index is 1.09. The molecule has 4 aromatic rings. The summed E-state index contributed by atoms with van der Waals surface area (Å²) in [6.45, 7) is 5.09. The van der Waals surface area contributed by atoms with Crippen molar-refractivity contribution in [3.8, 4) is 11.4 Å². The highest BCUT2D eigenvalue weighted by molar-refractivity contribution is 6.53. The van der Waals surface area contributed by atoms with Crippen molar-refractivity contribution in [2.45, 2.75) is 51.2 Å². The largest absolute Gasteiger partial charge is 0.353 e. The molecule has 2 aromatic heterocycles. The number of hydrogen-bond donors (Lipinski definition) is 3. The van der Waals surface area contributed by atoms with Crippen molar-refractivity contribution in [1.82, 2.24) is 20.5 Å². The second-order valence-corrected chi connectivity index (χ2v) is 12.7. The molecule has 0 saturated carbocycles. The van der Waals surface area contributed by atoms with E-state index < -0.39 is 0 Å². The number of aryl methyl sites for hydroxylation is 1. The number of carbonyl (C=O) groups excluding carboxylic acids is 2. The van der Waals surface area contributed by atoms with Gasteiger partial charge in [0.1, 0.15) is 5.69 Å². The average Bonchev–Trinajstić information content (AvgIpc) is 3.47. The topological polar surface area (TPSA) is 93.9 Å². The van der Waals surface area contributed by atoms with Crippen LogP contribution in [0, 0.1) is 5.41 Å². The number of nitrogens with zero attached hydrogens (tertiary/aromatic N) is 2. The molecule has 3 N–H and O–H groups in total. The third kappa shape index (κ3) is 4.96. The lowest BCUT2D eigenvalue weighted by Crippen LogP contribution is -2.49. The summed E-state index contributed by atoms with van der Waals surface area (Å²) in [5.41, 5.74) is 8.45. The van der Waals surface area contributed by atoms with Gasteiger partial charge in [-0.25, -0.2) is 4.79 Å². The number of nitrogens with one attached hydrogen (secondary N) is 3. The van der Waals surface area contributed by atoms with Gasteiger partial charge < -0.3 is 4.98 Å². The van der Waals surface area contributed by atoms with E-state index in [0.29, 0.717) is 18.4 Å². The molecule has 8 heteroatoms. The van der Waals surface area contributed by atoms with Gasteiger partial charge in [0.25, 0.3) is 15.2 Å². The standard InChI is InChI=1S/C17H18N3.C12H13N2O2.Al/c1-17(2)8-7-12-15(10-17)19-20-16(12)14-9-11-5-3-4-6-13(11)18-14;1-2-9-3-5-10(6-4-9)14-8-7-11(15)13-12(14)16;/h3,5-6,9,18H,7-8,10H2,1-2H3,(H,19,20);3-6H,1-2,7-8H2,(H,13,15,16);. The molecule has 1 radical (unpaired) electrons. The van der Waals surface area contributed by atoms with E-state index in [9.17, 15) is 9.59 Å². The van der Waals surface area contributed by atoms with Crippen LogP contribution in [0.15, 0.2) is 48.5 Å². The first-order valence-corrected chi connectivity index (χ1v) is 14.5. The minimum Gasteiger partial charge on any atom is -0.353 e. The highest BCUT2D eigenvalue weighted by Crippen LogP contribution is 2.38. The van der Waals surface area contributed by atoms with Crippen molar-refractivity contribution >= 4 is 48.2 Å². The second kappa shape index (κ2) is 9.52. The Kier molecular flexibility index (Phi) is 6.18. The van der Waals surface area contributed by atoms with E-state index in [-0.39, 0.29) is 27.2 Å². The molecule has 2 aliphatic rings. The zero-order chi connectivity index (χ0) is 25.6. The molecule has 0 bridgehead atoms. The van der Waals surface area contributed by atoms with Gasteiger partial charge >= 0.3 is 6.03 Å². The molecule has 187 valence electrons. The SMILES string of the molecule is CC1(C)CCc2c(-c3cc4cc[c]([Al][CH2]Cc5ccc(N6CCC(=O)NC6=O)cc5)cc4[nH]3)n[nH]c2C1. The number of urea groups is 1. The molecule has 3 amide bonds. The molecule has 1 fully saturated rings. The third-order valence-corrected chi connectivity index (χ3v) is 9.08. The normalized spacial score (nSPS) is 17.1. The summed E-state index contributed by atoms with van der Waals surface area (Å²) in [6, 6.07) is 16.8. The first-order chi connectivity index (χ1) is 17.8. The maximum absolute atomic E-state index is 12.1. The molecule has 1 aliphatic heterocycles. The Labute approximate surface area is 222 Å². The lowest BCUT2D eigenvalue weighted by molar-refractivity contribution is -0.120. The van der Waals surface area contributed by atoms with E-state index in [1.165, 1.54) is 38.6 Å². The molecular weight excluding hydrogens is 477 g/mol. The molecule has 37 heavy (non-hydrogen) atoms. The number of aromatic nitrogens is 3. The fourth-order valence-corrected chi connectivity index (χ4v) is 6.86. The van der Waals surface area contributed by atoms with E-state index in [2.05, 4.69) is 70.7 Å². The fraction of sp³-hybridized carbons (Fsp3) is 0.345. The number of imide groups is 1. The van der Waals surface area contributed by atoms with Gasteiger partial charge in [-0.2, -0.15) is 5.10 Å². The summed E-state index contributed by atoms with van der Waals surface area (Å²) in [5.74, 6) is -0.209. The van der Waals surface area contributed by atoms with Crippen LogP contribution < -0.4 is 14.6 Å². The quantitative estimate of drug-likeness (QED) is 0.335. The zero-order valence-corrected chi connectivity index (χ0v) is 22.5. The second-order valence-electron chi connectivity index (χ2n) is 11.1. The summed E-state index contributed by atoms with van der Waals surface area (Å²) in [6.07, 6.45) is 4.67. The van der Waals surface area contributed by atoms with E-state index in [1.807, 2.05) is 12.1 Å². The molecule has 0 unspecified atom stereocenters. The summed E-state index contributed by atoms with van der Waals surface area (Å²) in [7, 11) is 0. The molecule has 3 heterocycles. The molecule has 6 rings (SSSR count). The zero-order valence-electron chi connectivity index (χ0n) is 21.4. The predicted octanol–water partition coefficient (Wildman–Crippen LogP) is 4.51. The Morgan fingerprint density at radius 1 is 1.05 bits per heavy atom. The molecule has 1 aliphatic carbocycles. The predicted molar refractivity (Wildman–Crippen MR) is 148 cm³/mol. The van der Waals surface area contributed by atoms with Gasteiger partial charge in [-0.1, -0.05) is 49.5 Å². The molecule has 0 spiro atoms. The number of H-pyrrole nitrogens is 2. The van der Waals surface area contributed by atoms with Gasteiger partial charge in [0.2, 0.25) is 5.91 Å². The summed E-state index contributed by atoms with van der Waals surface area (Å²) < 4.78 is 1.40. The van der Waals surface area contributed by atoms with Crippen LogP contribution >= 0.6 is 0 Å². The third-order valence-electron chi connectivity index (χ3n) is 7.68. The van der Waals surface area contributed by atoms with Gasteiger partial charge in [-0.05, 0) is 60.2 Å². The van der Waals surface area contributed by atoms with E-state index in [0.717, 1.165) is 41.6 Å². The van der Waals surface area contributed by atoms with E-state index >= 15 is 0 Å². The van der Waals surface area contributed by atoms with Crippen LogP contribution in [-0.2, 0) is 24.1 Å². The van der Waals surface area contributed by atoms with Crippen molar-refractivity contribution in [3.05, 3.63) is 65.4 Å². The van der Waals surface area contributed by atoms with Crippen LogP contribution in [-0.4, -0.2) is 48.9 Å². The minimum atomic E-state index is -0.340. The number of anilines is 1. The van der Waals surface area contributed by atoms with Crippen LogP contribution in [0.5, 0.6) is 0 Å². The van der Waals surface area contributed by atoms with E-state index in [1.54, 1.807) is 4.90 Å². The van der Waals surface area contributed by atoms with Crippen molar-refractivity contribution in [2.75, 3.05) is 11.4 Å².